The van der Waals surface area contributed by atoms with Crippen molar-refractivity contribution in [3.63, 3.8) is 0 Å². The highest BCUT2D eigenvalue weighted by Gasteiger charge is 2.21. The van der Waals surface area contributed by atoms with Gasteiger partial charge in [-0.2, -0.15) is 0 Å². The molecule has 0 aliphatic rings. The van der Waals surface area contributed by atoms with E-state index in [0.29, 0.717) is 22.1 Å². The first kappa shape index (κ1) is 14.4. The lowest BCUT2D eigenvalue weighted by Gasteiger charge is -2.15. The van der Waals surface area contributed by atoms with Crippen LogP contribution in [0.5, 0.6) is 0 Å². The van der Waals surface area contributed by atoms with E-state index < -0.39 is 0 Å². The van der Waals surface area contributed by atoms with E-state index in [9.17, 15) is 4.79 Å². The zero-order valence-corrected chi connectivity index (χ0v) is 13.7. The molecule has 0 atom stereocenters. The molecule has 0 aliphatic heterocycles. The Morgan fingerprint density at radius 2 is 2.14 bits per heavy atom. The largest absolute Gasteiger partial charge is 0.397 e. The molecule has 2 aromatic heterocycles. The van der Waals surface area contributed by atoms with E-state index >= 15 is 0 Å². The molecule has 0 fully saturated rings. The van der Waals surface area contributed by atoms with Gasteiger partial charge in [0.15, 0.2) is 0 Å². The summed E-state index contributed by atoms with van der Waals surface area (Å²) in [5.74, 6) is -0.0711. The molecule has 108 valence electrons. The van der Waals surface area contributed by atoms with Crippen LogP contribution in [0.1, 0.15) is 14.5 Å². The van der Waals surface area contributed by atoms with Crippen molar-refractivity contribution in [3.8, 4) is 0 Å². The van der Waals surface area contributed by atoms with Crippen molar-refractivity contribution in [1.82, 2.24) is 4.90 Å². The minimum atomic E-state index is -0.0711. The van der Waals surface area contributed by atoms with Gasteiger partial charge in [-0.3, -0.25) is 4.79 Å². The standard InChI is InChI=1S/C15H13ClN2OS2/c1-18(8-9-4-3-7-20-9)15(19)14-13(17)12-10(16)5-2-6-11(12)21-14/h2-7H,8,17H2,1H3. The van der Waals surface area contributed by atoms with Gasteiger partial charge in [0, 0.05) is 22.0 Å². The van der Waals surface area contributed by atoms with E-state index in [-0.39, 0.29) is 5.91 Å². The lowest BCUT2D eigenvalue weighted by Crippen LogP contribution is -2.25. The van der Waals surface area contributed by atoms with E-state index in [0.717, 1.165) is 15.0 Å². The maximum atomic E-state index is 12.6. The second kappa shape index (κ2) is 5.67. The number of thiophene rings is 2. The second-order valence-electron chi connectivity index (χ2n) is 4.70. The summed E-state index contributed by atoms with van der Waals surface area (Å²) in [4.78, 5) is 16.0. The van der Waals surface area contributed by atoms with Crippen LogP contribution in [0, 0.1) is 0 Å². The molecule has 6 heteroatoms. The molecule has 21 heavy (non-hydrogen) atoms. The number of nitrogens with two attached hydrogens (primary N) is 1. The van der Waals surface area contributed by atoms with Crippen molar-refractivity contribution >= 4 is 56.0 Å². The van der Waals surface area contributed by atoms with Crippen LogP contribution in [0.2, 0.25) is 5.02 Å². The summed E-state index contributed by atoms with van der Waals surface area (Å²) in [6.07, 6.45) is 0. The van der Waals surface area contributed by atoms with Crippen molar-refractivity contribution in [2.24, 2.45) is 0 Å². The zero-order chi connectivity index (χ0) is 15.0. The van der Waals surface area contributed by atoms with E-state index in [1.165, 1.54) is 11.3 Å². The molecule has 1 amide bonds. The second-order valence-corrected chi connectivity index (χ2v) is 7.19. The van der Waals surface area contributed by atoms with E-state index in [1.807, 2.05) is 29.6 Å². The highest BCUT2D eigenvalue weighted by molar-refractivity contribution is 7.21. The van der Waals surface area contributed by atoms with Crippen molar-refractivity contribution < 1.29 is 4.79 Å². The van der Waals surface area contributed by atoms with Crippen molar-refractivity contribution in [1.29, 1.82) is 0 Å². The van der Waals surface area contributed by atoms with Gasteiger partial charge in [-0.1, -0.05) is 23.7 Å². The van der Waals surface area contributed by atoms with Crippen LogP contribution in [0.15, 0.2) is 35.7 Å². The molecule has 0 aliphatic carbocycles. The Kier molecular flexibility index (Phi) is 3.89. The Morgan fingerprint density at radius 3 is 2.81 bits per heavy atom. The van der Waals surface area contributed by atoms with Gasteiger partial charge < -0.3 is 10.6 Å². The van der Waals surface area contributed by atoms with E-state index in [2.05, 4.69) is 0 Å². The number of fused-ring (bicyclic) bond motifs is 1. The van der Waals surface area contributed by atoms with Crippen molar-refractivity contribution in [2.45, 2.75) is 6.54 Å². The summed E-state index contributed by atoms with van der Waals surface area (Å²) in [5.41, 5.74) is 6.61. The summed E-state index contributed by atoms with van der Waals surface area (Å²) in [5, 5.41) is 3.36. The Balaban J connectivity index is 1.94. The van der Waals surface area contributed by atoms with Gasteiger partial charge in [0.2, 0.25) is 0 Å². The molecule has 2 heterocycles. The molecule has 0 saturated carbocycles. The molecule has 2 N–H and O–H groups in total. The summed E-state index contributed by atoms with van der Waals surface area (Å²) in [6, 6.07) is 9.57. The first-order valence-corrected chi connectivity index (χ1v) is 8.39. The molecule has 3 aromatic rings. The Bertz CT molecular complexity index is 795. The predicted molar refractivity (Wildman–Crippen MR) is 91.4 cm³/mol. The molecule has 0 unspecified atom stereocenters. The third-order valence-electron chi connectivity index (χ3n) is 3.22. The number of hydrogen-bond donors (Lipinski definition) is 1. The van der Waals surface area contributed by atoms with Gasteiger partial charge in [0.25, 0.3) is 5.91 Å². The lowest BCUT2D eigenvalue weighted by atomic mass is 10.2. The maximum Gasteiger partial charge on any atom is 0.266 e. The van der Waals surface area contributed by atoms with E-state index in [4.69, 9.17) is 17.3 Å². The average Bonchev–Trinajstić information content (AvgIpc) is 3.07. The number of anilines is 1. The van der Waals surface area contributed by atoms with Gasteiger partial charge >= 0.3 is 0 Å². The van der Waals surface area contributed by atoms with Crippen LogP contribution >= 0.6 is 34.3 Å². The topological polar surface area (TPSA) is 46.3 Å². The minimum absolute atomic E-state index is 0.0711. The molecule has 0 bridgehead atoms. The van der Waals surface area contributed by atoms with Crippen molar-refractivity contribution in [2.75, 3.05) is 12.8 Å². The fourth-order valence-electron chi connectivity index (χ4n) is 2.17. The lowest BCUT2D eigenvalue weighted by molar-refractivity contribution is 0.0792. The van der Waals surface area contributed by atoms with Crippen LogP contribution in [0.3, 0.4) is 0 Å². The highest BCUT2D eigenvalue weighted by atomic mass is 35.5. The number of amides is 1. The van der Waals surface area contributed by atoms with E-state index in [1.54, 1.807) is 29.4 Å². The number of carbonyl (C=O) groups is 1. The summed E-state index contributed by atoms with van der Waals surface area (Å²) < 4.78 is 0.938. The summed E-state index contributed by atoms with van der Waals surface area (Å²) >= 11 is 9.20. The van der Waals surface area contributed by atoms with Crippen LogP contribution in [0.4, 0.5) is 5.69 Å². The molecule has 1 aromatic carbocycles. The van der Waals surface area contributed by atoms with Crippen LogP contribution in [-0.2, 0) is 6.54 Å². The smallest absolute Gasteiger partial charge is 0.266 e. The number of hydrogen-bond acceptors (Lipinski definition) is 4. The van der Waals surface area contributed by atoms with Gasteiger partial charge in [-0.25, -0.2) is 0 Å². The SMILES string of the molecule is CN(Cc1cccs1)C(=O)c1sc2cccc(Cl)c2c1N. The Labute approximate surface area is 135 Å². The van der Waals surface area contributed by atoms with Crippen LogP contribution in [0.25, 0.3) is 10.1 Å². The maximum absolute atomic E-state index is 12.6. The Hall–Kier alpha value is -1.56. The fourth-order valence-corrected chi connectivity index (χ4v) is 4.40. The van der Waals surface area contributed by atoms with Gasteiger partial charge in [-0.05, 0) is 23.6 Å². The predicted octanol–water partition coefficient (Wildman–Crippen LogP) is 4.47. The monoisotopic (exact) mass is 336 g/mol. The first-order valence-electron chi connectivity index (χ1n) is 6.32. The number of benzene rings is 1. The Morgan fingerprint density at radius 1 is 1.33 bits per heavy atom. The third kappa shape index (κ3) is 2.64. The molecule has 0 radical (unpaired) electrons. The average molecular weight is 337 g/mol. The normalized spacial score (nSPS) is 11.0. The highest BCUT2D eigenvalue weighted by Crippen LogP contribution is 2.38. The number of nitrogens with zero attached hydrogens (tertiary/aromatic N) is 1. The molecule has 3 rings (SSSR count). The van der Waals surface area contributed by atoms with Gasteiger partial charge in [-0.15, -0.1) is 22.7 Å². The summed E-state index contributed by atoms with van der Waals surface area (Å²) in [6.45, 7) is 0.581. The third-order valence-corrected chi connectivity index (χ3v) is 5.55. The van der Waals surface area contributed by atoms with Crippen molar-refractivity contribution in [3.05, 3.63) is 50.5 Å². The quantitative estimate of drug-likeness (QED) is 0.767. The van der Waals surface area contributed by atoms with Crippen LogP contribution < -0.4 is 5.73 Å². The number of rotatable bonds is 3. The number of carbonyl (C=O) groups excluding carboxylic acids is 1. The number of nitrogen functional groups attached to an aromatic ring is 1. The van der Waals surface area contributed by atoms with Crippen LogP contribution in [-0.4, -0.2) is 17.9 Å². The molecule has 0 spiro atoms. The van der Waals surface area contributed by atoms with Gasteiger partial charge in [0.1, 0.15) is 4.88 Å². The minimum Gasteiger partial charge on any atom is -0.397 e. The zero-order valence-electron chi connectivity index (χ0n) is 11.3. The number of halogens is 1. The fraction of sp³-hybridized carbons (Fsp3) is 0.133. The summed E-state index contributed by atoms with van der Waals surface area (Å²) in [7, 11) is 1.79. The first-order chi connectivity index (χ1) is 10.1. The van der Waals surface area contributed by atoms with Gasteiger partial charge in [0.05, 0.1) is 17.3 Å². The molecule has 0 saturated heterocycles. The molecular formula is C15H13ClN2OS2. The molecule has 3 nitrogen and oxygen atoms in total. The molecular weight excluding hydrogens is 324 g/mol.